The van der Waals surface area contributed by atoms with Crippen molar-refractivity contribution in [3.63, 3.8) is 0 Å². The molecular formula is C23H28O9. The van der Waals surface area contributed by atoms with Gasteiger partial charge in [-0.05, 0) is 36.6 Å². The van der Waals surface area contributed by atoms with E-state index in [1.165, 1.54) is 0 Å². The summed E-state index contributed by atoms with van der Waals surface area (Å²) in [4.78, 5) is 11.5. The maximum atomic E-state index is 11.5. The van der Waals surface area contributed by atoms with Crippen LogP contribution >= 0.6 is 0 Å². The lowest BCUT2D eigenvalue weighted by Crippen LogP contribution is -2.64. The van der Waals surface area contributed by atoms with E-state index < -0.39 is 43.0 Å². The second kappa shape index (κ2) is 10.3. The Labute approximate surface area is 185 Å². The van der Waals surface area contributed by atoms with E-state index in [2.05, 4.69) is 4.74 Å². The number of ether oxygens (including phenoxy) is 4. The first kappa shape index (κ1) is 24.0. The maximum absolute atomic E-state index is 11.5. The van der Waals surface area contributed by atoms with Crippen LogP contribution in [0, 0.1) is 0 Å². The SMILES string of the molecule is CCOC(=O)OC[C@H]1O[C@](O)(c2ccccc2Cc2ccc(OC)cc2)[C@H](O)[C@@H](O)[C@@H]1O. The van der Waals surface area contributed by atoms with E-state index in [-0.39, 0.29) is 12.2 Å². The molecule has 4 N–H and O–H groups in total. The number of hydrogen-bond acceptors (Lipinski definition) is 9. The molecule has 0 unspecified atom stereocenters. The fourth-order valence-electron chi connectivity index (χ4n) is 3.66. The van der Waals surface area contributed by atoms with Crippen molar-refractivity contribution >= 4 is 6.16 Å². The molecule has 0 spiro atoms. The molecule has 0 aromatic heterocycles. The van der Waals surface area contributed by atoms with E-state index >= 15 is 0 Å². The van der Waals surface area contributed by atoms with Gasteiger partial charge in [-0.25, -0.2) is 4.79 Å². The number of carbonyl (C=O) groups excluding carboxylic acids is 1. The number of benzene rings is 2. The number of hydrogen-bond donors (Lipinski definition) is 4. The highest BCUT2D eigenvalue weighted by atomic mass is 16.7. The van der Waals surface area contributed by atoms with Crippen molar-refractivity contribution in [3.8, 4) is 5.75 Å². The topological polar surface area (TPSA) is 135 Å². The van der Waals surface area contributed by atoms with Gasteiger partial charge < -0.3 is 39.4 Å². The average Bonchev–Trinajstić information content (AvgIpc) is 2.80. The Kier molecular flexibility index (Phi) is 7.70. The minimum absolute atomic E-state index is 0.0942. The number of aliphatic hydroxyl groups is 4. The third-order valence-corrected chi connectivity index (χ3v) is 5.37. The summed E-state index contributed by atoms with van der Waals surface area (Å²) in [5.41, 5.74) is 1.76. The maximum Gasteiger partial charge on any atom is 0.508 e. The zero-order valence-electron chi connectivity index (χ0n) is 17.9. The summed E-state index contributed by atoms with van der Waals surface area (Å²) in [6, 6.07) is 14.1. The van der Waals surface area contributed by atoms with Crippen LogP contribution in [-0.4, -0.2) is 71.3 Å². The zero-order chi connectivity index (χ0) is 23.3. The van der Waals surface area contributed by atoms with Gasteiger partial charge in [0.15, 0.2) is 0 Å². The quantitative estimate of drug-likeness (QED) is 0.459. The van der Waals surface area contributed by atoms with Gasteiger partial charge in [-0.1, -0.05) is 36.4 Å². The lowest BCUT2D eigenvalue weighted by atomic mass is 9.85. The van der Waals surface area contributed by atoms with Gasteiger partial charge in [-0.3, -0.25) is 0 Å². The van der Waals surface area contributed by atoms with Crippen LogP contribution in [0.1, 0.15) is 23.6 Å². The number of rotatable bonds is 7. The van der Waals surface area contributed by atoms with E-state index in [1.807, 2.05) is 24.3 Å². The summed E-state index contributed by atoms with van der Waals surface area (Å²) in [5.74, 6) is -1.65. The van der Waals surface area contributed by atoms with Gasteiger partial charge in [-0.15, -0.1) is 0 Å². The first-order chi connectivity index (χ1) is 15.3. The summed E-state index contributed by atoms with van der Waals surface area (Å²) in [5, 5.41) is 42.7. The van der Waals surface area contributed by atoms with Crippen molar-refractivity contribution in [1.29, 1.82) is 0 Å². The van der Waals surface area contributed by atoms with Crippen LogP contribution in [-0.2, 0) is 26.4 Å². The first-order valence-electron chi connectivity index (χ1n) is 10.2. The Morgan fingerprint density at radius 3 is 2.38 bits per heavy atom. The predicted molar refractivity (Wildman–Crippen MR) is 112 cm³/mol. The highest BCUT2D eigenvalue weighted by molar-refractivity contribution is 5.59. The molecule has 0 radical (unpaired) electrons. The normalized spacial score (nSPS) is 27.6. The molecule has 0 amide bonds. The van der Waals surface area contributed by atoms with E-state index in [0.29, 0.717) is 17.7 Å². The lowest BCUT2D eigenvalue weighted by Gasteiger charge is -2.46. The van der Waals surface area contributed by atoms with Crippen LogP contribution in [0.15, 0.2) is 48.5 Å². The molecule has 0 aliphatic carbocycles. The average molecular weight is 448 g/mol. The minimum Gasteiger partial charge on any atom is -0.497 e. The van der Waals surface area contributed by atoms with Crippen molar-refractivity contribution in [2.75, 3.05) is 20.3 Å². The van der Waals surface area contributed by atoms with E-state index in [0.717, 1.165) is 5.56 Å². The summed E-state index contributed by atoms with van der Waals surface area (Å²) in [6.07, 6.45) is -7.11. The molecular weight excluding hydrogens is 420 g/mol. The summed E-state index contributed by atoms with van der Waals surface area (Å²) < 4.78 is 20.4. The molecule has 2 aromatic rings. The standard InChI is InChI=1S/C23H28O9/c1-3-30-22(27)31-13-18-19(24)20(25)21(26)23(28,32-18)17-7-5-4-6-15(17)12-14-8-10-16(29-2)11-9-14/h4-11,18-21,24-26,28H,3,12-13H2,1-2H3/t18-,19-,20+,21-,23-/m1/s1. The van der Waals surface area contributed by atoms with Crippen molar-refractivity contribution in [2.45, 2.75) is 43.5 Å². The summed E-state index contributed by atoms with van der Waals surface area (Å²) in [7, 11) is 1.57. The fourth-order valence-corrected chi connectivity index (χ4v) is 3.66. The second-order valence-electron chi connectivity index (χ2n) is 7.45. The molecule has 1 saturated heterocycles. The Balaban J connectivity index is 1.87. The van der Waals surface area contributed by atoms with Gasteiger partial charge in [0.2, 0.25) is 5.79 Å². The zero-order valence-corrected chi connectivity index (χ0v) is 17.9. The Bertz CT molecular complexity index is 901. The minimum atomic E-state index is -2.36. The molecule has 0 bridgehead atoms. The van der Waals surface area contributed by atoms with Crippen molar-refractivity contribution in [1.82, 2.24) is 0 Å². The van der Waals surface area contributed by atoms with Crippen LogP contribution < -0.4 is 4.74 Å². The smallest absolute Gasteiger partial charge is 0.497 e. The molecule has 1 heterocycles. The predicted octanol–water partition coefficient (Wildman–Crippen LogP) is 1.09. The van der Waals surface area contributed by atoms with Gasteiger partial charge >= 0.3 is 6.16 Å². The van der Waals surface area contributed by atoms with Gasteiger partial charge in [0, 0.05) is 5.56 Å². The third kappa shape index (κ3) is 5.03. The van der Waals surface area contributed by atoms with Gasteiger partial charge in [0.05, 0.1) is 13.7 Å². The first-order valence-corrected chi connectivity index (χ1v) is 10.2. The van der Waals surface area contributed by atoms with Gasteiger partial charge in [0.1, 0.15) is 36.8 Å². The van der Waals surface area contributed by atoms with Crippen molar-refractivity contribution < 1.29 is 44.2 Å². The molecule has 2 aromatic carbocycles. The van der Waals surface area contributed by atoms with E-state index in [4.69, 9.17) is 14.2 Å². The lowest BCUT2D eigenvalue weighted by molar-refractivity contribution is -0.358. The summed E-state index contributed by atoms with van der Waals surface area (Å²) >= 11 is 0. The van der Waals surface area contributed by atoms with Crippen LogP contribution in [0.5, 0.6) is 5.75 Å². The van der Waals surface area contributed by atoms with E-state index in [9.17, 15) is 25.2 Å². The summed E-state index contributed by atoms with van der Waals surface area (Å²) in [6.45, 7) is 1.20. The molecule has 1 fully saturated rings. The van der Waals surface area contributed by atoms with Crippen molar-refractivity contribution in [2.24, 2.45) is 0 Å². The second-order valence-corrected chi connectivity index (χ2v) is 7.45. The largest absolute Gasteiger partial charge is 0.508 e. The third-order valence-electron chi connectivity index (χ3n) is 5.37. The number of methoxy groups -OCH3 is 1. The molecule has 1 aliphatic heterocycles. The Morgan fingerprint density at radius 2 is 1.72 bits per heavy atom. The fraction of sp³-hybridized carbons (Fsp3) is 0.435. The number of carbonyl (C=O) groups is 1. The number of aliphatic hydroxyl groups excluding tert-OH is 3. The molecule has 174 valence electrons. The Morgan fingerprint density at radius 1 is 1.03 bits per heavy atom. The molecule has 9 nitrogen and oxygen atoms in total. The molecule has 3 rings (SSSR count). The van der Waals surface area contributed by atoms with Crippen LogP contribution in [0.25, 0.3) is 0 Å². The molecule has 0 saturated carbocycles. The Hall–Kier alpha value is -2.69. The molecule has 32 heavy (non-hydrogen) atoms. The molecule has 1 aliphatic rings. The van der Waals surface area contributed by atoms with Crippen molar-refractivity contribution in [3.05, 3.63) is 65.2 Å². The van der Waals surface area contributed by atoms with Crippen LogP contribution in [0.4, 0.5) is 4.79 Å². The monoisotopic (exact) mass is 448 g/mol. The van der Waals surface area contributed by atoms with Crippen LogP contribution in [0.3, 0.4) is 0 Å². The molecule has 5 atom stereocenters. The highest BCUT2D eigenvalue weighted by Gasteiger charge is 2.54. The van der Waals surface area contributed by atoms with Crippen LogP contribution in [0.2, 0.25) is 0 Å². The van der Waals surface area contributed by atoms with E-state index in [1.54, 1.807) is 38.3 Å². The van der Waals surface area contributed by atoms with Gasteiger partial charge in [-0.2, -0.15) is 0 Å². The highest BCUT2D eigenvalue weighted by Crippen LogP contribution is 2.38. The van der Waals surface area contributed by atoms with Gasteiger partial charge in [0.25, 0.3) is 0 Å². The molecule has 9 heteroatoms.